The number of benzene rings is 1. The summed E-state index contributed by atoms with van der Waals surface area (Å²) in [7, 11) is 0. The molecule has 5 heteroatoms. The molecule has 0 saturated carbocycles. The molecule has 0 atom stereocenters. The van der Waals surface area contributed by atoms with Crippen molar-refractivity contribution in [3.63, 3.8) is 0 Å². The van der Waals surface area contributed by atoms with Crippen LogP contribution < -0.4 is 0 Å². The molecule has 0 saturated heterocycles. The second-order valence-electron chi connectivity index (χ2n) is 4.26. The first-order valence-electron chi connectivity index (χ1n) is 6.12. The first-order chi connectivity index (χ1) is 9.58. The molecule has 0 bridgehead atoms. The number of rotatable bonds is 3. The summed E-state index contributed by atoms with van der Waals surface area (Å²) < 4.78 is 0. The molecule has 1 aromatic heterocycles. The first kappa shape index (κ1) is 14.6. The van der Waals surface area contributed by atoms with E-state index in [0.29, 0.717) is 16.5 Å². The van der Waals surface area contributed by atoms with E-state index in [0.717, 1.165) is 16.8 Å². The quantitative estimate of drug-likeness (QED) is 0.643. The fourth-order valence-electron chi connectivity index (χ4n) is 1.87. The lowest BCUT2D eigenvalue weighted by molar-refractivity contribution is 0.398. The maximum atomic E-state index is 9.76. The fourth-order valence-corrected chi connectivity index (χ4v) is 3.02. The van der Waals surface area contributed by atoms with Crippen molar-refractivity contribution in [2.45, 2.75) is 20.3 Å². The summed E-state index contributed by atoms with van der Waals surface area (Å²) in [5.74, 6) is 0.0595. The summed E-state index contributed by atoms with van der Waals surface area (Å²) in [6.45, 7) is 3.75. The Kier molecular flexibility index (Phi) is 4.43. The van der Waals surface area contributed by atoms with Gasteiger partial charge in [-0.15, -0.1) is 11.3 Å². The van der Waals surface area contributed by atoms with Gasteiger partial charge < -0.3 is 5.11 Å². The second kappa shape index (κ2) is 6.08. The van der Waals surface area contributed by atoms with Gasteiger partial charge >= 0.3 is 0 Å². The highest BCUT2D eigenvalue weighted by molar-refractivity contribution is 7.11. The number of nitrogens with zero attached hydrogens (tertiary/aromatic N) is 2. The minimum absolute atomic E-state index is 0.0595. The highest BCUT2D eigenvalue weighted by atomic mass is 35.5. The summed E-state index contributed by atoms with van der Waals surface area (Å²) in [5, 5.41) is 21.9. The Balaban J connectivity index is 2.53. The number of hydrogen-bond donors (Lipinski definition) is 1. The van der Waals surface area contributed by atoms with Crippen molar-refractivity contribution >= 4 is 28.5 Å². The number of aryl methyl sites for hydroxylation is 1. The van der Waals surface area contributed by atoms with Crippen molar-refractivity contribution in [1.29, 1.82) is 5.26 Å². The lowest BCUT2D eigenvalue weighted by Gasteiger charge is -2.04. The largest absolute Gasteiger partial charge is 0.511 e. The van der Waals surface area contributed by atoms with Gasteiger partial charge in [-0.25, -0.2) is 4.98 Å². The molecule has 0 aliphatic rings. The minimum Gasteiger partial charge on any atom is -0.511 e. The van der Waals surface area contributed by atoms with Gasteiger partial charge in [0.05, 0.1) is 10.7 Å². The Morgan fingerprint density at radius 3 is 2.85 bits per heavy atom. The zero-order chi connectivity index (χ0) is 14.7. The van der Waals surface area contributed by atoms with Crippen molar-refractivity contribution in [1.82, 2.24) is 4.98 Å². The Labute approximate surface area is 126 Å². The van der Waals surface area contributed by atoms with Gasteiger partial charge in [-0.05, 0) is 18.6 Å². The smallest absolute Gasteiger partial charge is 0.138 e. The number of aliphatic hydroxyl groups excluding tert-OH is 1. The molecule has 1 heterocycles. The zero-order valence-corrected chi connectivity index (χ0v) is 12.7. The summed E-state index contributed by atoms with van der Waals surface area (Å²) in [4.78, 5) is 4.44. The van der Waals surface area contributed by atoms with Crippen LogP contribution in [-0.4, -0.2) is 10.1 Å². The summed E-state index contributed by atoms with van der Waals surface area (Å²) in [6, 6.07) is 7.67. The van der Waals surface area contributed by atoms with Crippen LogP contribution in [0.4, 0.5) is 0 Å². The summed E-state index contributed by atoms with van der Waals surface area (Å²) >= 11 is 7.54. The Morgan fingerprint density at radius 1 is 1.50 bits per heavy atom. The van der Waals surface area contributed by atoms with E-state index < -0.39 is 0 Å². The molecule has 0 unspecified atom stereocenters. The molecular weight excluding hydrogens is 292 g/mol. The number of aromatic nitrogens is 1. The highest BCUT2D eigenvalue weighted by Crippen LogP contribution is 2.33. The van der Waals surface area contributed by atoms with E-state index in [1.54, 1.807) is 6.92 Å². The highest BCUT2D eigenvalue weighted by Gasteiger charge is 2.15. The molecule has 1 N–H and O–H groups in total. The van der Waals surface area contributed by atoms with Crippen molar-refractivity contribution in [2.24, 2.45) is 0 Å². The number of halogens is 1. The number of thiazole rings is 1. The minimum atomic E-state index is 0.0595. The molecule has 0 aliphatic heterocycles. The maximum Gasteiger partial charge on any atom is 0.138 e. The van der Waals surface area contributed by atoms with Gasteiger partial charge in [0.15, 0.2) is 0 Å². The number of allylic oxidation sites excluding steroid dienone is 2. The molecule has 1 aromatic carbocycles. The third-order valence-corrected chi connectivity index (χ3v) is 4.11. The summed E-state index contributed by atoms with van der Waals surface area (Å²) in [5.41, 5.74) is 2.85. The van der Waals surface area contributed by atoms with E-state index >= 15 is 0 Å². The van der Waals surface area contributed by atoms with Crippen LogP contribution >= 0.6 is 22.9 Å². The lowest BCUT2D eigenvalue weighted by Crippen LogP contribution is -1.89. The molecule has 0 amide bonds. The first-order valence-corrected chi connectivity index (χ1v) is 7.37. The normalized spacial score (nSPS) is 11.9. The summed E-state index contributed by atoms with van der Waals surface area (Å²) in [6.07, 6.45) is 0.406. The molecule has 102 valence electrons. The van der Waals surface area contributed by atoms with Gasteiger partial charge in [0.25, 0.3) is 0 Å². The molecule has 3 nitrogen and oxygen atoms in total. The van der Waals surface area contributed by atoms with E-state index in [9.17, 15) is 5.11 Å². The van der Waals surface area contributed by atoms with E-state index in [1.165, 1.54) is 11.3 Å². The predicted molar refractivity (Wildman–Crippen MR) is 82.7 cm³/mol. The molecule has 0 aliphatic carbocycles. The fraction of sp³-hybridized carbons (Fsp3) is 0.200. The van der Waals surface area contributed by atoms with E-state index in [-0.39, 0.29) is 11.3 Å². The van der Waals surface area contributed by atoms with Crippen molar-refractivity contribution in [2.75, 3.05) is 0 Å². The molecule has 20 heavy (non-hydrogen) atoms. The van der Waals surface area contributed by atoms with Gasteiger partial charge in [-0.3, -0.25) is 0 Å². The van der Waals surface area contributed by atoms with E-state index in [1.807, 2.05) is 36.6 Å². The number of aliphatic hydroxyl groups is 1. The van der Waals surface area contributed by atoms with Gasteiger partial charge in [0.1, 0.15) is 22.4 Å². The van der Waals surface area contributed by atoms with Gasteiger partial charge in [-0.1, -0.05) is 30.7 Å². The SMILES string of the molecule is CC/C(O)=C(\C#N)c1nc(-c2c(C)cccc2Cl)cs1. The molecule has 2 aromatic rings. The van der Waals surface area contributed by atoms with Crippen LogP contribution in [0.3, 0.4) is 0 Å². The van der Waals surface area contributed by atoms with E-state index in [2.05, 4.69) is 4.98 Å². The van der Waals surface area contributed by atoms with Gasteiger partial charge in [0.2, 0.25) is 0 Å². The number of hydrogen-bond acceptors (Lipinski definition) is 4. The third kappa shape index (κ3) is 2.69. The van der Waals surface area contributed by atoms with Gasteiger partial charge in [-0.2, -0.15) is 5.26 Å². The van der Waals surface area contributed by atoms with E-state index in [4.69, 9.17) is 16.9 Å². The van der Waals surface area contributed by atoms with Crippen LogP contribution in [0.2, 0.25) is 5.02 Å². The Bertz CT molecular complexity index is 693. The molecule has 2 rings (SSSR count). The standard InChI is InChI=1S/C15H13ClN2OS/c1-3-13(19)10(7-17)15-18-12(8-20-15)14-9(2)5-4-6-11(14)16/h4-6,8,19H,3H2,1-2H3/b13-10-. The van der Waals surface area contributed by atoms with Crippen LogP contribution in [-0.2, 0) is 0 Å². The molecule has 0 fully saturated rings. The average molecular weight is 305 g/mol. The number of nitriles is 1. The van der Waals surface area contributed by atoms with Crippen molar-refractivity contribution in [3.05, 3.63) is 44.9 Å². The maximum absolute atomic E-state index is 9.76. The lowest BCUT2D eigenvalue weighted by atomic mass is 10.1. The molecular formula is C15H13ClN2OS. The third-order valence-electron chi connectivity index (χ3n) is 2.93. The zero-order valence-electron chi connectivity index (χ0n) is 11.1. The average Bonchev–Trinajstić information content (AvgIpc) is 2.88. The molecule has 0 radical (unpaired) electrons. The van der Waals surface area contributed by atoms with Crippen molar-refractivity contribution < 1.29 is 5.11 Å². The topological polar surface area (TPSA) is 56.9 Å². The Hall–Kier alpha value is -1.83. The van der Waals surface area contributed by atoms with Gasteiger partial charge in [0, 0.05) is 17.4 Å². The predicted octanol–water partition coefficient (Wildman–Crippen LogP) is 4.97. The van der Waals surface area contributed by atoms with Crippen LogP contribution in [0.15, 0.2) is 29.3 Å². The van der Waals surface area contributed by atoms with Crippen LogP contribution in [0.25, 0.3) is 16.8 Å². The van der Waals surface area contributed by atoms with Crippen LogP contribution in [0.5, 0.6) is 0 Å². The molecule has 0 spiro atoms. The monoisotopic (exact) mass is 304 g/mol. The Morgan fingerprint density at radius 2 is 2.25 bits per heavy atom. The second-order valence-corrected chi connectivity index (χ2v) is 5.52. The van der Waals surface area contributed by atoms with Crippen LogP contribution in [0.1, 0.15) is 23.9 Å². The van der Waals surface area contributed by atoms with Crippen molar-refractivity contribution in [3.8, 4) is 17.3 Å². The van der Waals surface area contributed by atoms with Crippen LogP contribution in [0, 0.1) is 18.3 Å².